The van der Waals surface area contributed by atoms with E-state index in [0.29, 0.717) is 13.1 Å². The molecule has 6 heteroatoms. The second-order valence-corrected chi connectivity index (χ2v) is 6.61. The fraction of sp³-hybridized carbons (Fsp3) is 0.625. The van der Waals surface area contributed by atoms with Crippen molar-refractivity contribution in [3.8, 4) is 0 Å². The fourth-order valence-electron chi connectivity index (χ4n) is 2.45. The third-order valence-corrected chi connectivity index (χ3v) is 3.48. The molecule has 2 heterocycles. The van der Waals surface area contributed by atoms with Gasteiger partial charge < -0.3 is 15.0 Å². The van der Waals surface area contributed by atoms with Crippen LogP contribution in [0.5, 0.6) is 0 Å². The van der Waals surface area contributed by atoms with E-state index in [2.05, 4.69) is 10.3 Å². The third kappa shape index (κ3) is 5.16. The Morgan fingerprint density at radius 2 is 2.14 bits per heavy atom. The number of nitrogens with zero attached hydrogens (tertiary/aromatic N) is 2. The predicted molar refractivity (Wildman–Crippen MR) is 83.3 cm³/mol. The van der Waals surface area contributed by atoms with Crippen molar-refractivity contribution in [2.75, 3.05) is 18.4 Å². The summed E-state index contributed by atoms with van der Waals surface area (Å²) < 4.78 is 18.2. The first kappa shape index (κ1) is 16.5. The summed E-state index contributed by atoms with van der Waals surface area (Å²) in [6.07, 6.45) is 3.93. The Kier molecular flexibility index (Phi) is 5.21. The highest BCUT2D eigenvalue weighted by molar-refractivity contribution is 5.68. The van der Waals surface area contributed by atoms with Gasteiger partial charge in [0.25, 0.3) is 0 Å². The van der Waals surface area contributed by atoms with Crippen LogP contribution in [0.3, 0.4) is 0 Å². The SMILES string of the molecule is CC(C)(C)OC(=O)N1CCCC(Nc2ccc(F)nc2)CC1. The summed E-state index contributed by atoms with van der Waals surface area (Å²) in [4.78, 5) is 17.5. The van der Waals surface area contributed by atoms with Crippen LogP contribution in [-0.2, 0) is 4.74 Å². The first-order chi connectivity index (χ1) is 10.3. The van der Waals surface area contributed by atoms with Gasteiger partial charge in [0, 0.05) is 19.1 Å². The van der Waals surface area contributed by atoms with Crippen LogP contribution in [0.15, 0.2) is 18.3 Å². The van der Waals surface area contributed by atoms with Crippen molar-refractivity contribution in [2.45, 2.75) is 51.7 Å². The molecule has 22 heavy (non-hydrogen) atoms. The maximum atomic E-state index is 12.8. The Hall–Kier alpha value is -1.85. The second-order valence-electron chi connectivity index (χ2n) is 6.61. The summed E-state index contributed by atoms with van der Waals surface area (Å²) in [5.41, 5.74) is 0.331. The van der Waals surface area contributed by atoms with Gasteiger partial charge in [0.1, 0.15) is 5.60 Å². The Morgan fingerprint density at radius 3 is 2.77 bits per heavy atom. The molecular weight excluding hydrogens is 285 g/mol. The van der Waals surface area contributed by atoms with Crippen LogP contribution >= 0.6 is 0 Å². The molecule has 1 fully saturated rings. The standard InChI is InChI=1S/C16H24FN3O2/c1-16(2,3)22-15(21)20-9-4-5-12(8-10-20)19-13-6-7-14(17)18-11-13/h6-7,11-12,19H,4-5,8-10H2,1-3H3. The highest BCUT2D eigenvalue weighted by atomic mass is 19.1. The van der Waals surface area contributed by atoms with E-state index in [4.69, 9.17) is 4.74 Å². The monoisotopic (exact) mass is 309 g/mol. The van der Waals surface area contributed by atoms with E-state index < -0.39 is 11.5 Å². The minimum atomic E-state index is -0.484. The molecule has 0 saturated carbocycles. The maximum absolute atomic E-state index is 12.8. The molecular formula is C16H24FN3O2. The molecule has 0 bridgehead atoms. The highest BCUT2D eigenvalue weighted by Gasteiger charge is 2.25. The molecule has 5 nitrogen and oxygen atoms in total. The maximum Gasteiger partial charge on any atom is 0.410 e. The Bertz CT molecular complexity index is 499. The smallest absolute Gasteiger partial charge is 0.410 e. The molecule has 0 spiro atoms. The molecule has 0 radical (unpaired) electrons. The number of hydrogen-bond acceptors (Lipinski definition) is 4. The zero-order chi connectivity index (χ0) is 16.2. The second kappa shape index (κ2) is 6.94. The largest absolute Gasteiger partial charge is 0.444 e. The Balaban J connectivity index is 1.87. The summed E-state index contributed by atoms with van der Waals surface area (Å²) >= 11 is 0. The van der Waals surface area contributed by atoms with E-state index >= 15 is 0 Å². The number of carbonyl (C=O) groups excluding carboxylic acids is 1. The van der Waals surface area contributed by atoms with Gasteiger partial charge in [0.15, 0.2) is 0 Å². The first-order valence-electron chi connectivity index (χ1n) is 7.69. The lowest BCUT2D eigenvalue weighted by molar-refractivity contribution is 0.0256. The molecule has 1 aromatic heterocycles. The van der Waals surface area contributed by atoms with Crippen LogP contribution < -0.4 is 5.32 Å². The zero-order valence-corrected chi connectivity index (χ0v) is 13.4. The third-order valence-electron chi connectivity index (χ3n) is 3.48. The number of hydrogen-bond donors (Lipinski definition) is 1. The van der Waals surface area contributed by atoms with E-state index in [1.54, 1.807) is 11.0 Å². The van der Waals surface area contributed by atoms with Crippen LogP contribution in [0, 0.1) is 5.95 Å². The van der Waals surface area contributed by atoms with Crippen LogP contribution in [0.25, 0.3) is 0 Å². The molecule has 1 aromatic rings. The molecule has 2 rings (SSSR count). The number of rotatable bonds is 2. The lowest BCUT2D eigenvalue weighted by Gasteiger charge is -2.26. The van der Waals surface area contributed by atoms with Crippen molar-refractivity contribution in [2.24, 2.45) is 0 Å². The van der Waals surface area contributed by atoms with E-state index in [1.807, 2.05) is 20.8 Å². The molecule has 1 N–H and O–H groups in total. The van der Waals surface area contributed by atoms with Crippen molar-refractivity contribution in [1.29, 1.82) is 0 Å². The molecule has 122 valence electrons. The molecule has 1 aliphatic heterocycles. The first-order valence-corrected chi connectivity index (χ1v) is 7.69. The van der Waals surface area contributed by atoms with Crippen LogP contribution in [-0.4, -0.2) is 40.7 Å². The normalized spacial score (nSPS) is 19.5. The van der Waals surface area contributed by atoms with Crippen molar-refractivity contribution in [3.63, 3.8) is 0 Å². The molecule has 0 aliphatic carbocycles. The Morgan fingerprint density at radius 1 is 1.36 bits per heavy atom. The zero-order valence-electron chi connectivity index (χ0n) is 13.4. The molecule has 1 unspecified atom stereocenters. The van der Waals surface area contributed by atoms with E-state index in [0.717, 1.165) is 24.9 Å². The van der Waals surface area contributed by atoms with Gasteiger partial charge in [-0.05, 0) is 52.2 Å². The number of carbonyl (C=O) groups is 1. The molecule has 0 aromatic carbocycles. The molecule has 1 saturated heterocycles. The molecule has 1 atom stereocenters. The minimum absolute atomic E-state index is 0.250. The average Bonchev–Trinajstić information content (AvgIpc) is 2.65. The van der Waals surface area contributed by atoms with Gasteiger partial charge in [-0.25, -0.2) is 9.78 Å². The van der Waals surface area contributed by atoms with Gasteiger partial charge in [-0.15, -0.1) is 0 Å². The lowest BCUT2D eigenvalue weighted by Crippen LogP contribution is -2.37. The van der Waals surface area contributed by atoms with Gasteiger partial charge >= 0.3 is 6.09 Å². The molecule has 1 amide bonds. The summed E-state index contributed by atoms with van der Waals surface area (Å²) in [6, 6.07) is 3.27. The number of ether oxygens (including phenoxy) is 1. The fourth-order valence-corrected chi connectivity index (χ4v) is 2.45. The molecule has 1 aliphatic rings. The minimum Gasteiger partial charge on any atom is -0.444 e. The van der Waals surface area contributed by atoms with E-state index in [9.17, 15) is 9.18 Å². The van der Waals surface area contributed by atoms with Gasteiger partial charge in [-0.1, -0.05) is 0 Å². The quantitative estimate of drug-likeness (QED) is 0.851. The van der Waals surface area contributed by atoms with Crippen LogP contribution in [0.2, 0.25) is 0 Å². The topological polar surface area (TPSA) is 54.5 Å². The summed E-state index contributed by atoms with van der Waals surface area (Å²) in [6.45, 7) is 6.97. The lowest BCUT2D eigenvalue weighted by atomic mass is 10.1. The number of aromatic nitrogens is 1. The number of pyridine rings is 1. The summed E-state index contributed by atoms with van der Waals surface area (Å²) in [5, 5.41) is 3.35. The van der Waals surface area contributed by atoms with Crippen LogP contribution in [0.1, 0.15) is 40.0 Å². The number of amides is 1. The number of anilines is 1. The van der Waals surface area contributed by atoms with Gasteiger partial charge in [-0.2, -0.15) is 4.39 Å². The Labute approximate surface area is 130 Å². The number of likely N-dealkylation sites (tertiary alicyclic amines) is 1. The summed E-state index contributed by atoms with van der Waals surface area (Å²) in [7, 11) is 0. The number of nitrogens with one attached hydrogen (secondary N) is 1. The highest BCUT2D eigenvalue weighted by Crippen LogP contribution is 2.18. The van der Waals surface area contributed by atoms with Gasteiger partial charge in [0.05, 0.1) is 11.9 Å². The van der Waals surface area contributed by atoms with Crippen molar-refractivity contribution < 1.29 is 13.9 Å². The van der Waals surface area contributed by atoms with Crippen molar-refractivity contribution in [3.05, 3.63) is 24.3 Å². The van der Waals surface area contributed by atoms with E-state index in [-0.39, 0.29) is 12.1 Å². The van der Waals surface area contributed by atoms with Crippen LogP contribution in [0.4, 0.5) is 14.9 Å². The van der Waals surface area contributed by atoms with Crippen molar-refractivity contribution in [1.82, 2.24) is 9.88 Å². The number of halogens is 1. The van der Waals surface area contributed by atoms with E-state index in [1.165, 1.54) is 12.3 Å². The van der Waals surface area contributed by atoms with Gasteiger partial charge in [-0.3, -0.25) is 0 Å². The van der Waals surface area contributed by atoms with Gasteiger partial charge in [0.2, 0.25) is 5.95 Å². The van der Waals surface area contributed by atoms with Crippen molar-refractivity contribution >= 4 is 11.8 Å². The average molecular weight is 309 g/mol. The predicted octanol–water partition coefficient (Wildman–Crippen LogP) is 3.42. The summed E-state index contributed by atoms with van der Waals surface area (Å²) in [5.74, 6) is -0.484.